The summed E-state index contributed by atoms with van der Waals surface area (Å²) in [6.07, 6.45) is 0.346. The van der Waals surface area contributed by atoms with Crippen LogP contribution in [0.15, 0.2) is 29.6 Å². The first kappa shape index (κ1) is 11.8. The molecule has 0 bridgehead atoms. The zero-order chi connectivity index (χ0) is 12.3. The molecular weight excluding hydrogens is 232 g/mol. The minimum Gasteiger partial charge on any atom is -0.359 e. The Balaban J connectivity index is 2.18. The first-order chi connectivity index (χ1) is 8.19. The van der Waals surface area contributed by atoms with Crippen LogP contribution in [0.4, 0.5) is 0 Å². The Morgan fingerprint density at radius 1 is 1.35 bits per heavy atom. The minimum atomic E-state index is -0.00856. The molecule has 0 radical (unpaired) electrons. The summed E-state index contributed by atoms with van der Waals surface area (Å²) in [5, 5.41) is 5.49. The maximum Gasteiger partial charge on any atom is 0.225 e. The molecule has 1 aromatic heterocycles. The number of carbonyl (C=O) groups is 1. The average Bonchev–Trinajstić information content (AvgIpc) is 2.78. The van der Waals surface area contributed by atoms with Crippen LogP contribution in [-0.2, 0) is 11.2 Å². The summed E-state index contributed by atoms with van der Waals surface area (Å²) in [6.45, 7) is 2.06. The van der Waals surface area contributed by atoms with Gasteiger partial charge in [-0.1, -0.05) is 29.8 Å². The summed E-state index contributed by atoms with van der Waals surface area (Å²) in [6, 6.07) is 8.24. The molecule has 2 rings (SSSR count). The van der Waals surface area contributed by atoms with E-state index in [0.717, 1.165) is 16.3 Å². The van der Waals surface area contributed by atoms with Crippen LogP contribution in [-0.4, -0.2) is 17.9 Å². The second-order valence-corrected chi connectivity index (χ2v) is 4.72. The van der Waals surface area contributed by atoms with Gasteiger partial charge in [-0.15, -0.1) is 11.3 Å². The number of likely N-dealkylation sites (N-methyl/N-ethyl adjacent to an activating group) is 1. The van der Waals surface area contributed by atoms with Crippen molar-refractivity contribution in [2.24, 2.45) is 0 Å². The molecule has 1 aromatic carbocycles. The van der Waals surface area contributed by atoms with Crippen LogP contribution < -0.4 is 5.32 Å². The summed E-state index contributed by atoms with van der Waals surface area (Å²) in [4.78, 5) is 15.7. The van der Waals surface area contributed by atoms with E-state index in [2.05, 4.69) is 41.5 Å². The predicted octanol–water partition coefficient (Wildman–Crippen LogP) is 2.41. The van der Waals surface area contributed by atoms with Crippen molar-refractivity contribution in [2.45, 2.75) is 13.3 Å². The lowest BCUT2D eigenvalue weighted by molar-refractivity contribution is -0.120. The molecule has 0 saturated heterocycles. The smallest absolute Gasteiger partial charge is 0.225 e. The number of rotatable bonds is 3. The van der Waals surface area contributed by atoms with Crippen LogP contribution in [0.2, 0.25) is 0 Å². The third kappa shape index (κ3) is 2.91. The average molecular weight is 246 g/mol. The second kappa shape index (κ2) is 5.10. The van der Waals surface area contributed by atoms with Gasteiger partial charge >= 0.3 is 0 Å². The SMILES string of the molecule is CNC(=O)Cc1csc(-c2ccc(C)cc2)n1. The summed E-state index contributed by atoms with van der Waals surface area (Å²) < 4.78 is 0. The van der Waals surface area contributed by atoms with Gasteiger partial charge in [0.05, 0.1) is 12.1 Å². The van der Waals surface area contributed by atoms with E-state index in [1.54, 1.807) is 18.4 Å². The van der Waals surface area contributed by atoms with Gasteiger partial charge in [0.1, 0.15) is 5.01 Å². The van der Waals surface area contributed by atoms with Gasteiger partial charge in [-0.25, -0.2) is 4.98 Å². The first-order valence-corrected chi connectivity index (χ1v) is 6.29. The number of carbonyl (C=O) groups excluding carboxylic acids is 1. The summed E-state index contributed by atoms with van der Waals surface area (Å²) >= 11 is 1.57. The maximum absolute atomic E-state index is 11.2. The highest BCUT2D eigenvalue weighted by Gasteiger charge is 2.07. The molecule has 4 heteroatoms. The standard InChI is InChI=1S/C13H14N2OS/c1-9-3-5-10(6-4-9)13-15-11(8-17-13)7-12(16)14-2/h3-6,8H,7H2,1-2H3,(H,14,16). The van der Waals surface area contributed by atoms with Gasteiger partial charge in [-0.2, -0.15) is 0 Å². The molecule has 1 heterocycles. The van der Waals surface area contributed by atoms with Crippen molar-refractivity contribution in [3.63, 3.8) is 0 Å². The fraction of sp³-hybridized carbons (Fsp3) is 0.231. The van der Waals surface area contributed by atoms with E-state index in [1.807, 2.05) is 5.38 Å². The van der Waals surface area contributed by atoms with Crippen molar-refractivity contribution in [2.75, 3.05) is 7.05 Å². The summed E-state index contributed by atoms with van der Waals surface area (Å²) in [7, 11) is 1.63. The fourth-order valence-electron chi connectivity index (χ4n) is 1.47. The molecule has 3 nitrogen and oxygen atoms in total. The van der Waals surface area contributed by atoms with Crippen LogP contribution in [0.25, 0.3) is 10.6 Å². The van der Waals surface area contributed by atoms with Gasteiger partial charge in [0.15, 0.2) is 0 Å². The van der Waals surface area contributed by atoms with Crippen molar-refractivity contribution in [1.82, 2.24) is 10.3 Å². The number of nitrogens with zero attached hydrogens (tertiary/aromatic N) is 1. The molecule has 0 aliphatic rings. The predicted molar refractivity (Wildman–Crippen MR) is 70.1 cm³/mol. The minimum absolute atomic E-state index is 0.00856. The topological polar surface area (TPSA) is 42.0 Å². The summed E-state index contributed by atoms with van der Waals surface area (Å²) in [5.41, 5.74) is 3.16. The monoisotopic (exact) mass is 246 g/mol. The second-order valence-electron chi connectivity index (χ2n) is 3.86. The van der Waals surface area contributed by atoms with Crippen LogP contribution >= 0.6 is 11.3 Å². The zero-order valence-electron chi connectivity index (χ0n) is 9.86. The molecule has 1 amide bonds. The Morgan fingerprint density at radius 3 is 2.71 bits per heavy atom. The van der Waals surface area contributed by atoms with Crippen molar-refractivity contribution >= 4 is 17.2 Å². The molecule has 17 heavy (non-hydrogen) atoms. The Labute approximate surface area is 105 Å². The Hall–Kier alpha value is -1.68. The van der Waals surface area contributed by atoms with Gasteiger partial charge < -0.3 is 5.32 Å². The third-order valence-electron chi connectivity index (χ3n) is 2.47. The Bertz CT molecular complexity index is 516. The van der Waals surface area contributed by atoms with E-state index in [-0.39, 0.29) is 5.91 Å². The van der Waals surface area contributed by atoms with Crippen molar-refractivity contribution in [3.8, 4) is 10.6 Å². The van der Waals surface area contributed by atoms with E-state index >= 15 is 0 Å². The van der Waals surface area contributed by atoms with Crippen LogP contribution in [0.1, 0.15) is 11.3 Å². The lowest BCUT2D eigenvalue weighted by Crippen LogP contribution is -2.19. The van der Waals surface area contributed by atoms with Crippen LogP contribution in [0.5, 0.6) is 0 Å². The van der Waals surface area contributed by atoms with Gasteiger partial charge in [-0.05, 0) is 6.92 Å². The highest BCUT2D eigenvalue weighted by molar-refractivity contribution is 7.13. The molecule has 0 aliphatic carbocycles. The number of amides is 1. The molecule has 1 N–H and O–H groups in total. The number of nitrogens with one attached hydrogen (secondary N) is 1. The van der Waals surface area contributed by atoms with Crippen molar-refractivity contribution in [1.29, 1.82) is 0 Å². The molecule has 88 valence electrons. The van der Waals surface area contributed by atoms with Gasteiger partial charge in [0.25, 0.3) is 0 Å². The van der Waals surface area contributed by atoms with Gasteiger partial charge in [0.2, 0.25) is 5.91 Å². The maximum atomic E-state index is 11.2. The Morgan fingerprint density at radius 2 is 2.06 bits per heavy atom. The molecule has 0 aliphatic heterocycles. The lowest BCUT2D eigenvalue weighted by Gasteiger charge is -1.97. The Kier molecular flexibility index (Phi) is 3.54. The van der Waals surface area contributed by atoms with Crippen molar-refractivity contribution in [3.05, 3.63) is 40.9 Å². The third-order valence-corrected chi connectivity index (χ3v) is 3.41. The van der Waals surface area contributed by atoms with Gasteiger partial charge in [0, 0.05) is 18.0 Å². The lowest BCUT2D eigenvalue weighted by atomic mass is 10.2. The van der Waals surface area contributed by atoms with Gasteiger partial charge in [-0.3, -0.25) is 4.79 Å². The van der Waals surface area contributed by atoms with E-state index in [1.165, 1.54) is 5.56 Å². The van der Waals surface area contributed by atoms with E-state index in [9.17, 15) is 4.79 Å². The molecule has 0 saturated carbocycles. The van der Waals surface area contributed by atoms with Crippen LogP contribution in [0, 0.1) is 6.92 Å². The number of thiazole rings is 1. The number of hydrogen-bond acceptors (Lipinski definition) is 3. The molecule has 0 unspecified atom stereocenters. The zero-order valence-corrected chi connectivity index (χ0v) is 10.7. The largest absolute Gasteiger partial charge is 0.359 e. The number of hydrogen-bond donors (Lipinski definition) is 1. The summed E-state index contributed by atoms with van der Waals surface area (Å²) in [5.74, 6) is -0.00856. The van der Waals surface area contributed by atoms with Crippen molar-refractivity contribution < 1.29 is 4.79 Å². The van der Waals surface area contributed by atoms with E-state index < -0.39 is 0 Å². The number of aryl methyl sites for hydroxylation is 1. The number of aromatic nitrogens is 1. The highest BCUT2D eigenvalue weighted by Crippen LogP contribution is 2.24. The quantitative estimate of drug-likeness (QED) is 0.903. The first-order valence-electron chi connectivity index (χ1n) is 5.41. The number of benzene rings is 1. The fourth-order valence-corrected chi connectivity index (χ4v) is 2.30. The van der Waals surface area contributed by atoms with E-state index in [0.29, 0.717) is 6.42 Å². The van der Waals surface area contributed by atoms with Crippen LogP contribution in [0.3, 0.4) is 0 Å². The molecular formula is C13H14N2OS. The van der Waals surface area contributed by atoms with E-state index in [4.69, 9.17) is 0 Å². The molecule has 0 spiro atoms. The highest BCUT2D eigenvalue weighted by atomic mass is 32.1. The normalized spacial score (nSPS) is 10.2. The molecule has 0 fully saturated rings. The molecule has 2 aromatic rings. The molecule has 0 atom stereocenters.